The van der Waals surface area contributed by atoms with Crippen LogP contribution in [0.1, 0.15) is 23.2 Å². The monoisotopic (exact) mass is 266 g/mol. The lowest BCUT2D eigenvalue weighted by Gasteiger charge is -2.21. The summed E-state index contributed by atoms with van der Waals surface area (Å²) >= 11 is 1.73. The molecule has 0 radical (unpaired) electrons. The minimum atomic E-state index is 0.143. The summed E-state index contributed by atoms with van der Waals surface area (Å²) in [6.45, 7) is 1.64. The van der Waals surface area contributed by atoms with Gasteiger partial charge >= 0.3 is 0 Å². The van der Waals surface area contributed by atoms with Crippen LogP contribution in [0.2, 0.25) is 0 Å². The van der Waals surface area contributed by atoms with E-state index in [-0.39, 0.29) is 5.78 Å². The number of methoxy groups -OCH3 is 1. The number of ether oxygens (including phenoxy) is 2. The quantitative estimate of drug-likeness (QED) is 0.768. The van der Waals surface area contributed by atoms with Crippen LogP contribution in [0.25, 0.3) is 0 Å². The van der Waals surface area contributed by atoms with E-state index in [9.17, 15) is 4.79 Å². The summed E-state index contributed by atoms with van der Waals surface area (Å²) in [5.74, 6) is 1.32. The summed E-state index contributed by atoms with van der Waals surface area (Å²) in [5.41, 5.74) is 0.680. The highest BCUT2D eigenvalue weighted by Crippen LogP contribution is 2.25. The lowest BCUT2D eigenvalue weighted by molar-refractivity contribution is 0.0987. The Morgan fingerprint density at radius 1 is 1.39 bits per heavy atom. The largest absolute Gasteiger partial charge is 0.496 e. The van der Waals surface area contributed by atoms with Gasteiger partial charge in [-0.3, -0.25) is 4.79 Å². The van der Waals surface area contributed by atoms with Crippen molar-refractivity contribution in [2.45, 2.75) is 18.1 Å². The molecule has 1 heterocycles. The van der Waals surface area contributed by atoms with E-state index in [1.165, 1.54) is 0 Å². The Kier molecular flexibility index (Phi) is 5.08. The summed E-state index contributed by atoms with van der Waals surface area (Å²) < 4.78 is 10.5. The van der Waals surface area contributed by atoms with Crippen molar-refractivity contribution in [2.24, 2.45) is 0 Å². The van der Waals surface area contributed by atoms with Crippen LogP contribution >= 0.6 is 11.8 Å². The SMILES string of the molecule is COc1ccccc1C(=O)CSC1CCOCC1. The Morgan fingerprint density at radius 3 is 2.83 bits per heavy atom. The van der Waals surface area contributed by atoms with Gasteiger partial charge in [-0.25, -0.2) is 0 Å². The Bertz CT molecular complexity index is 400. The Morgan fingerprint density at radius 2 is 2.11 bits per heavy atom. The number of ketones is 1. The molecule has 4 heteroatoms. The van der Waals surface area contributed by atoms with Crippen LogP contribution in [0.15, 0.2) is 24.3 Å². The smallest absolute Gasteiger partial charge is 0.176 e. The first-order valence-corrected chi connectivity index (χ1v) is 7.21. The Balaban J connectivity index is 1.90. The first-order valence-electron chi connectivity index (χ1n) is 6.17. The van der Waals surface area contributed by atoms with Crippen LogP contribution in [-0.4, -0.2) is 37.1 Å². The number of benzene rings is 1. The normalized spacial score (nSPS) is 16.5. The molecule has 98 valence electrons. The summed E-state index contributed by atoms with van der Waals surface area (Å²) in [6, 6.07) is 7.40. The molecule has 0 unspecified atom stereocenters. The fourth-order valence-electron chi connectivity index (χ4n) is 1.99. The van der Waals surface area contributed by atoms with Gasteiger partial charge in [0.15, 0.2) is 5.78 Å². The number of Topliss-reactive ketones (excluding diaryl/α,β-unsaturated/α-hetero) is 1. The minimum Gasteiger partial charge on any atom is -0.496 e. The Hall–Kier alpha value is -1.00. The minimum absolute atomic E-state index is 0.143. The molecule has 0 bridgehead atoms. The molecule has 0 atom stereocenters. The summed E-state index contributed by atoms with van der Waals surface area (Å²) in [5, 5.41) is 0.553. The van der Waals surface area contributed by atoms with Crippen molar-refractivity contribution in [3.05, 3.63) is 29.8 Å². The van der Waals surface area contributed by atoms with E-state index in [2.05, 4.69) is 0 Å². The van der Waals surface area contributed by atoms with Gasteiger partial charge in [0.05, 0.1) is 18.4 Å². The van der Waals surface area contributed by atoms with Gasteiger partial charge in [-0.15, -0.1) is 0 Å². The molecule has 0 spiro atoms. The third-order valence-electron chi connectivity index (χ3n) is 3.03. The molecule has 0 saturated carbocycles. The number of hydrogen-bond donors (Lipinski definition) is 0. The van der Waals surface area contributed by atoms with Crippen molar-refractivity contribution in [2.75, 3.05) is 26.1 Å². The number of rotatable bonds is 5. The topological polar surface area (TPSA) is 35.5 Å². The van der Waals surface area contributed by atoms with E-state index in [0.717, 1.165) is 26.1 Å². The van der Waals surface area contributed by atoms with E-state index in [0.29, 0.717) is 22.3 Å². The van der Waals surface area contributed by atoms with E-state index in [1.54, 1.807) is 18.9 Å². The second kappa shape index (κ2) is 6.81. The second-order valence-electron chi connectivity index (χ2n) is 4.25. The zero-order chi connectivity index (χ0) is 12.8. The highest BCUT2D eigenvalue weighted by atomic mass is 32.2. The third-order valence-corrected chi connectivity index (χ3v) is 4.40. The van der Waals surface area contributed by atoms with Gasteiger partial charge in [0.25, 0.3) is 0 Å². The Labute approximate surface area is 112 Å². The van der Waals surface area contributed by atoms with E-state index < -0.39 is 0 Å². The number of para-hydroxylation sites is 1. The molecule has 2 rings (SSSR count). The molecule has 1 fully saturated rings. The van der Waals surface area contributed by atoms with Crippen LogP contribution < -0.4 is 4.74 Å². The van der Waals surface area contributed by atoms with Crippen molar-refractivity contribution >= 4 is 17.5 Å². The van der Waals surface area contributed by atoms with Gasteiger partial charge in [-0.05, 0) is 25.0 Å². The number of thioether (sulfide) groups is 1. The molecule has 1 aliphatic rings. The molecule has 1 aromatic rings. The first-order chi connectivity index (χ1) is 8.81. The predicted octanol–water partition coefficient (Wildman–Crippen LogP) is 2.79. The van der Waals surface area contributed by atoms with Crippen molar-refractivity contribution in [3.8, 4) is 5.75 Å². The fourth-order valence-corrected chi connectivity index (χ4v) is 3.06. The lowest BCUT2D eigenvalue weighted by Crippen LogP contribution is -2.19. The highest BCUT2D eigenvalue weighted by molar-refractivity contribution is 8.00. The number of carbonyl (C=O) groups is 1. The van der Waals surface area contributed by atoms with Gasteiger partial charge < -0.3 is 9.47 Å². The number of hydrogen-bond acceptors (Lipinski definition) is 4. The molecule has 0 N–H and O–H groups in total. The molecule has 1 aromatic carbocycles. The van der Waals surface area contributed by atoms with Gasteiger partial charge in [0.2, 0.25) is 0 Å². The van der Waals surface area contributed by atoms with Crippen LogP contribution in [0.3, 0.4) is 0 Å². The maximum absolute atomic E-state index is 12.1. The average Bonchev–Trinajstić information content (AvgIpc) is 2.45. The molecular formula is C14H18O3S. The maximum Gasteiger partial charge on any atom is 0.176 e. The molecule has 1 saturated heterocycles. The van der Waals surface area contributed by atoms with E-state index in [1.807, 2.05) is 24.3 Å². The summed E-state index contributed by atoms with van der Waals surface area (Å²) in [4.78, 5) is 12.1. The standard InChI is InChI=1S/C14H18O3S/c1-16-14-5-3-2-4-12(14)13(15)10-18-11-6-8-17-9-7-11/h2-5,11H,6-10H2,1H3. The third kappa shape index (κ3) is 3.50. The van der Waals surface area contributed by atoms with Crippen LogP contribution in [0.4, 0.5) is 0 Å². The average molecular weight is 266 g/mol. The highest BCUT2D eigenvalue weighted by Gasteiger charge is 2.17. The molecule has 1 aliphatic heterocycles. The molecule has 18 heavy (non-hydrogen) atoms. The molecular weight excluding hydrogens is 248 g/mol. The summed E-state index contributed by atoms with van der Waals surface area (Å²) in [7, 11) is 1.59. The maximum atomic E-state index is 12.1. The van der Waals surface area contributed by atoms with Crippen LogP contribution in [0, 0.1) is 0 Å². The number of carbonyl (C=O) groups excluding carboxylic acids is 1. The molecule has 0 amide bonds. The fraction of sp³-hybridized carbons (Fsp3) is 0.500. The van der Waals surface area contributed by atoms with Crippen molar-refractivity contribution in [1.29, 1.82) is 0 Å². The predicted molar refractivity (Wildman–Crippen MR) is 73.6 cm³/mol. The van der Waals surface area contributed by atoms with Gasteiger partial charge in [-0.2, -0.15) is 11.8 Å². The lowest BCUT2D eigenvalue weighted by atomic mass is 10.1. The second-order valence-corrected chi connectivity index (χ2v) is 5.53. The molecule has 0 aliphatic carbocycles. The zero-order valence-electron chi connectivity index (χ0n) is 10.6. The van der Waals surface area contributed by atoms with Gasteiger partial charge in [0, 0.05) is 18.5 Å². The first kappa shape index (κ1) is 13.4. The van der Waals surface area contributed by atoms with Crippen molar-refractivity contribution in [3.63, 3.8) is 0 Å². The van der Waals surface area contributed by atoms with Crippen molar-refractivity contribution in [1.82, 2.24) is 0 Å². The molecule has 3 nitrogen and oxygen atoms in total. The van der Waals surface area contributed by atoms with Crippen molar-refractivity contribution < 1.29 is 14.3 Å². The van der Waals surface area contributed by atoms with E-state index >= 15 is 0 Å². The van der Waals surface area contributed by atoms with Gasteiger partial charge in [-0.1, -0.05) is 12.1 Å². The van der Waals surface area contributed by atoms with E-state index in [4.69, 9.17) is 9.47 Å². The molecule has 0 aromatic heterocycles. The van der Waals surface area contributed by atoms with Crippen LogP contribution in [0.5, 0.6) is 5.75 Å². The van der Waals surface area contributed by atoms with Crippen LogP contribution in [-0.2, 0) is 4.74 Å². The summed E-state index contributed by atoms with van der Waals surface area (Å²) in [6.07, 6.45) is 2.09. The van der Waals surface area contributed by atoms with Gasteiger partial charge in [0.1, 0.15) is 5.75 Å². The zero-order valence-corrected chi connectivity index (χ0v) is 11.4.